The molecule has 3 rings (SSSR count). The van der Waals surface area contributed by atoms with Crippen LogP contribution in [0.1, 0.15) is 25.0 Å². The lowest BCUT2D eigenvalue weighted by atomic mass is 10.1. The van der Waals surface area contributed by atoms with Gasteiger partial charge in [-0.3, -0.25) is 19.9 Å². The van der Waals surface area contributed by atoms with Crippen LogP contribution in [0.25, 0.3) is 0 Å². The summed E-state index contributed by atoms with van der Waals surface area (Å²) in [5, 5.41) is 14.3. The number of pyridine rings is 1. The number of carbonyl (C=O) groups excluding carboxylic acids is 1. The van der Waals surface area contributed by atoms with E-state index in [9.17, 15) is 14.9 Å². The van der Waals surface area contributed by atoms with Gasteiger partial charge in [-0.05, 0) is 50.6 Å². The van der Waals surface area contributed by atoms with Gasteiger partial charge in [0, 0.05) is 18.3 Å². The second kappa shape index (κ2) is 9.80. The average molecular weight is 384 g/mol. The predicted octanol–water partition coefficient (Wildman–Crippen LogP) is 2.54. The summed E-state index contributed by atoms with van der Waals surface area (Å²) in [6.45, 7) is 2.06. The maximum Gasteiger partial charge on any atom is 0.273 e. The Morgan fingerprint density at radius 1 is 1.25 bits per heavy atom. The highest BCUT2D eigenvalue weighted by Crippen LogP contribution is 2.20. The second-order valence-electron chi connectivity index (χ2n) is 6.72. The summed E-state index contributed by atoms with van der Waals surface area (Å²) in [4.78, 5) is 29.6. The molecule has 28 heavy (non-hydrogen) atoms. The van der Waals surface area contributed by atoms with Gasteiger partial charge in [0.2, 0.25) is 0 Å². The SMILES string of the molecule is O=C(COc1cccc([N+](=O)[O-])c1)N(Cc1ccccn1)C1CCCNCC1. The number of aromatic nitrogens is 1. The highest BCUT2D eigenvalue weighted by molar-refractivity contribution is 5.78. The van der Waals surface area contributed by atoms with E-state index < -0.39 is 4.92 Å². The molecule has 1 aromatic carbocycles. The number of ether oxygens (including phenoxy) is 1. The van der Waals surface area contributed by atoms with Gasteiger partial charge in [-0.15, -0.1) is 0 Å². The minimum absolute atomic E-state index is 0.0647. The molecule has 1 aromatic heterocycles. The normalized spacial score (nSPS) is 16.8. The highest BCUT2D eigenvalue weighted by atomic mass is 16.6. The van der Waals surface area contributed by atoms with E-state index in [-0.39, 0.29) is 24.2 Å². The second-order valence-corrected chi connectivity index (χ2v) is 6.72. The largest absolute Gasteiger partial charge is 0.484 e. The van der Waals surface area contributed by atoms with Crippen LogP contribution in [0.15, 0.2) is 48.7 Å². The molecule has 0 radical (unpaired) electrons. The Morgan fingerprint density at radius 2 is 2.14 bits per heavy atom. The van der Waals surface area contributed by atoms with Crippen LogP contribution in [0.2, 0.25) is 0 Å². The van der Waals surface area contributed by atoms with Gasteiger partial charge in [0.1, 0.15) is 5.75 Å². The van der Waals surface area contributed by atoms with E-state index in [0.717, 1.165) is 38.0 Å². The van der Waals surface area contributed by atoms with Crippen molar-refractivity contribution < 1.29 is 14.5 Å². The lowest BCUT2D eigenvalue weighted by Gasteiger charge is -2.31. The number of benzene rings is 1. The van der Waals surface area contributed by atoms with Crippen molar-refractivity contribution in [2.75, 3.05) is 19.7 Å². The van der Waals surface area contributed by atoms with Gasteiger partial charge in [-0.2, -0.15) is 0 Å². The number of nitro groups is 1. The number of amides is 1. The van der Waals surface area contributed by atoms with E-state index in [0.29, 0.717) is 12.3 Å². The fraction of sp³-hybridized carbons (Fsp3) is 0.400. The van der Waals surface area contributed by atoms with Crippen molar-refractivity contribution in [3.63, 3.8) is 0 Å². The number of nitrogens with one attached hydrogen (secondary N) is 1. The van der Waals surface area contributed by atoms with Gasteiger partial charge in [0.25, 0.3) is 11.6 Å². The smallest absolute Gasteiger partial charge is 0.273 e. The Hall–Kier alpha value is -3.00. The van der Waals surface area contributed by atoms with Crippen molar-refractivity contribution in [2.24, 2.45) is 0 Å². The third-order valence-electron chi connectivity index (χ3n) is 4.76. The lowest BCUT2D eigenvalue weighted by molar-refractivity contribution is -0.384. The van der Waals surface area contributed by atoms with E-state index in [2.05, 4.69) is 10.3 Å². The van der Waals surface area contributed by atoms with Crippen LogP contribution in [0.3, 0.4) is 0 Å². The Labute approximate surface area is 163 Å². The van der Waals surface area contributed by atoms with Crippen molar-refractivity contribution in [3.05, 3.63) is 64.5 Å². The van der Waals surface area contributed by atoms with Gasteiger partial charge < -0.3 is 15.0 Å². The molecule has 1 saturated heterocycles. The van der Waals surface area contributed by atoms with Crippen LogP contribution in [-0.2, 0) is 11.3 Å². The zero-order valence-electron chi connectivity index (χ0n) is 15.6. The minimum Gasteiger partial charge on any atom is -0.484 e. The van der Waals surface area contributed by atoms with Crippen LogP contribution in [0, 0.1) is 10.1 Å². The van der Waals surface area contributed by atoms with E-state index in [1.807, 2.05) is 23.1 Å². The molecule has 0 spiro atoms. The first-order valence-electron chi connectivity index (χ1n) is 9.41. The van der Waals surface area contributed by atoms with Gasteiger partial charge in [0.05, 0.1) is 23.2 Å². The van der Waals surface area contributed by atoms with Crippen molar-refractivity contribution in [1.29, 1.82) is 0 Å². The van der Waals surface area contributed by atoms with Crippen LogP contribution in [0.4, 0.5) is 5.69 Å². The van der Waals surface area contributed by atoms with Gasteiger partial charge in [-0.25, -0.2) is 0 Å². The molecule has 1 atom stereocenters. The zero-order valence-corrected chi connectivity index (χ0v) is 15.6. The minimum atomic E-state index is -0.486. The monoisotopic (exact) mass is 384 g/mol. The number of hydrogen-bond acceptors (Lipinski definition) is 6. The van der Waals surface area contributed by atoms with Crippen LogP contribution >= 0.6 is 0 Å². The first-order chi connectivity index (χ1) is 13.6. The first-order valence-corrected chi connectivity index (χ1v) is 9.41. The fourth-order valence-corrected chi connectivity index (χ4v) is 3.31. The van der Waals surface area contributed by atoms with Crippen molar-refractivity contribution in [3.8, 4) is 5.75 Å². The number of nitro benzene ring substituents is 1. The third kappa shape index (κ3) is 5.50. The van der Waals surface area contributed by atoms with Crippen molar-refractivity contribution in [2.45, 2.75) is 31.8 Å². The maximum absolute atomic E-state index is 13.0. The quantitative estimate of drug-likeness (QED) is 0.582. The van der Waals surface area contributed by atoms with E-state index >= 15 is 0 Å². The number of hydrogen-bond donors (Lipinski definition) is 1. The summed E-state index contributed by atoms with van der Waals surface area (Å²) in [5.41, 5.74) is 0.758. The van der Waals surface area contributed by atoms with E-state index in [1.54, 1.807) is 18.3 Å². The fourth-order valence-electron chi connectivity index (χ4n) is 3.31. The lowest BCUT2D eigenvalue weighted by Crippen LogP contribution is -2.43. The molecule has 2 aromatic rings. The molecular weight excluding hydrogens is 360 g/mol. The molecule has 148 valence electrons. The predicted molar refractivity (Wildman–Crippen MR) is 104 cm³/mol. The van der Waals surface area contributed by atoms with E-state index in [1.165, 1.54) is 12.1 Å². The number of nitrogens with zero attached hydrogens (tertiary/aromatic N) is 3. The Balaban J connectivity index is 1.70. The maximum atomic E-state index is 13.0. The van der Waals surface area contributed by atoms with Crippen LogP contribution in [0.5, 0.6) is 5.75 Å². The number of rotatable bonds is 7. The summed E-state index contributed by atoms with van der Waals surface area (Å²) in [6, 6.07) is 11.6. The number of non-ortho nitro benzene ring substituents is 1. The van der Waals surface area contributed by atoms with Gasteiger partial charge in [-0.1, -0.05) is 12.1 Å². The Kier molecular flexibility index (Phi) is 6.91. The van der Waals surface area contributed by atoms with Crippen LogP contribution < -0.4 is 10.1 Å². The molecule has 1 N–H and O–H groups in total. The molecule has 0 aliphatic carbocycles. The molecule has 2 heterocycles. The molecule has 1 unspecified atom stereocenters. The molecule has 8 nitrogen and oxygen atoms in total. The summed E-state index contributed by atoms with van der Waals surface area (Å²) in [6.07, 6.45) is 4.51. The molecule has 1 aliphatic rings. The molecule has 1 aliphatic heterocycles. The summed E-state index contributed by atoms with van der Waals surface area (Å²) < 4.78 is 5.57. The Morgan fingerprint density at radius 3 is 2.93 bits per heavy atom. The van der Waals surface area contributed by atoms with Crippen molar-refractivity contribution >= 4 is 11.6 Å². The molecule has 1 amide bonds. The highest BCUT2D eigenvalue weighted by Gasteiger charge is 2.25. The average Bonchev–Trinajstić information content (AvgIpc) is 3.00. The molecule has 1 fully saturated rings. The number of carbonyl (C=O) groups is 1. The van der Waals surface area contributed by atoms with Gasteiger partial charge in [0.15, 0.2) is 6.61 Å². The van der Waals surface area contributed by atoms with Gasteiger partial charge >= 0.3 is 0 Å². The summed E-state index contributed by atoms with van der Waals surface area (Å²) >= 11 is 0. The summed E-state index contributed by atoms with van der Waals surface area (Å²) in [5.74, 6) is 0.159. The molecule has 0 saturated carbocycles. The van der Waals surface area contributed by atoms with Crippen LogP contribution in [-0.4, -0.2) is 46.5 Å². The Bertz CT molecular complexity index is 792. The third-order valence-corrected chi connectivity index (χ3v) is 4.76. The molecule has 8 heteroatoms. The van der Waals surface area contributed by atoms with E-state index in [4.69, 9.17) is 4.74 Å². The molecular formula is C20H24N4O4. The van der Waals surface area contributed by atoms with Crippen molar-refractivity contribution in [1.82, 2.24) is 15.2 Å². The standard InChI is InChI=1S/C20H24N4O4/c25-20(15-28-19-8-3-6-18(13-19)24(26)27)23(14-16-5-1-2-11-22-16)17-7-4-10-21-12-9-17/h1-3,5-6,8,11,13,17,21H,4,7,9-10,12,14-15H2. The topological polar surface area (TPSA) is 97.6 Å². The summed E-state index contributed by atoms with van der Waals surface area (Å²) in [7, 11) is 0. The molecule has 0 bridgehead atoms. The first kappa shape index (κ1) is 19.8. The zero-order chi connectivity index (χ0) is 19.8.